The largest absolute Gasteiger partial charge is 0.449 e. The minimum absolute atomic E-state index is 0.329. The maximum absolute atomic E-state index is 11.4. The molecule has 0 aromatic carbocycles. The van der Waals surface area contributed by atoms with E-state index in [4.69, 9.17) is 4.74 Å². The van der Waals surface area contributed by atoms with E-state index in [2.05, 4.69) is 15.3 Å². The van der Waals surface area contributed by atoms with E-state index in [0.717, 1.165) is 16.4 Å². The van der Waals surface area contributed by atoms with Crippen molar-refractivity contribution in [2.24, 2.45) is 5.92 Å². The highest BCUT2D eigenvalue weighted by Gasteiger charge is 2.08. The normalized spacial score (nSPS) is 10.6. The fourth-order valence-electron chi connectivity index (χ4n) is 1.45. The molecular formula is C14H17N3O2S. The average molecular weight is 291 g/mol. The fourth-order valence-corrected chi connectivity index (χ4v) is 2.25. The van der Waals surface area contributed by atoms with Crippen LogP contribution in [0.25, 0.3) is 10.7 Å². The smallest absolute Gasteiger partial charge is 0.407 e. The van der Waals surface area contributed by atoms with Crippen molar-refractivity contribution in [1.82, 2.24) is 15.3 Å². The third-order valence-corrected chi connectivity index (χ3v) is 3.31. The summed E-state index contributed by atoms with van der Waals surface area (Å²) in [6.45, 7) is 4.77. The maximum Gasteiger partial charge on any atom is 0.407 e. The Morgan fingerprint density at radius 3 is 3.00 bits per heavy atom. The topological polar surface area (TPSA) is 64.1 Å². The van der Waals surface area contributed by atoms with Gasteiger partial charge in [-0.3, -0.25) is 4.98 Å². The lowest BCUT2D eigenvalue weighted by Crippen LogP contribution is -2.25. The Morgan fingerprint density at radius 1 is 1.45 bits per heavy atom. The minimum Gasteiger partial charge on any atom is -0.449 e. The number of amides is 1. The second-order valence-corrected chi connectivity index (χ2v) is 5.56. The van der Waals surface area contributed by atoms with Gasteiger partial charge < -0.3 is 10.1 Å². The second-order valence-electron chi connectivity index (χ2n) is 4.70. The first-order valence-corrected chi connectivity index (χ1v) is 7.29. The number of rotatable bonds is 5. The van der Waals surface area contributed by atoms with Crippen LogP contribution in [0.4, 0.5) is 4.79 Å². The highest BCUT2D eigenvalue weighted by Crippen LogP contribution is 2.21. The van der Waals surface area contributed by atoms with Crippen LogP contribution >= 0.6 is 11.3 Å². The van der Waals surface area contributed by atoms with Gasteiger partial charge in [0.1, 0.15) is 5.01 Å². The number of aromatic nitrogens is 2. The average Bonchev–Trinajstić information content (AvgIpc) is 2.93. The monoisotopic (exact) mass is 291 g/mol. The van der Waals surface area contributed by atoms with Gasteiger partial charge in [0.25, 0.3) is 0 Å². The Labute approximate surface area is 122 Å². The molecule has 0 atom stereocenters. The lowest BCUT2D eigenvalue weighted by molar-refractivity contribution is 0.132. The molecule has 1 N–H and O–H groups in total. The van der Waals surface area contributed by atoms with Crippen LogP contribution in [0, 0.1) is 5.92 Å². The van der Waals surface area contributed by atoms with E-state index >= 15 is 0 Å². The third kappa shape index (κ3) is 4.31. The second kappa shape index (κ2) is 7.00. The van der Waals surface area contributed by atoms with Gasteiger partial charge >= 0.3 is 6.09 Å². The number of pyridine rings is 1. The highest BCUT2D eigenvalue weighted by atomic mass is 32.1. The summed E-state index contributed by atoms with van der Waals surface area (Å²) in [6, 6.07) is 5.70. The summed E-state index contributed by atoms with van der Waals surface area (Å²) in [6.07, 6.45) is 1.32. The third-order valence-electron chi connectivity index (χ3n) is 2.40. The van der Waals surface area contributed by atoms with Crippen LogP contribution in [0.2, 0.25) is 0 Å². The molecule has 0 aliphatic heterocycles. The van der Waals surface area contributed by atoms with Gasteiger partial charge in [-0.05, 0) is 18.1 Å². The molecule has 0 aliphatic carbocycles. The van der Waals surface area contributed by atoms with Crippen molar-refractivity contribution >= 4 is 17.4 Å². The number of nitrogens with one attached hydrogen (secondary N) is 1. The zero-order valence-corrected chi connectivity index (χ0v) is 12.3. The number of carbonyl (C=O) groups is 1. The van der Waals surface area contributed by atoms with E-state index < -0.39 is 6.09 Å². The Kier molecular flexibility index (Phi) is 5.06. The molecule has 0 bridgehead atoms. The molecule has 0 aliphatic rings. The summed E-state index contributed by atoms with van der Waals surface area (Å²) in [5.41, 5.74) is 1.64. The molecule has 0 spiro atoms. The lowest BCUT2D eigenvalue weighted by Gasteiger charge is -2.07. The van der Waals surface area contributed by atoms with Gasteiger partial charge in [0.15, 0.2) is 0 Å². The Hall–Kier alpha value is -1.95. The van der Waals surface area contributed by atoms with Gasteiger partial charge in [-0.2, -0.15) is 0 Å². The van der Waals surface area contributed by atoms with Crippen LogP contribution in [-0.4, -0.2) is 22.7 Å². The number of carbonyl (C=O) groups excluding carboxylic acids is 1. The molecule has 0 fully saturated rings. The predicted octanol–water partition coefficient (Wildman–Crippen LogP) is 3.09. The fraction of sp³-hybridized carbons (Fsp3) is 0.357. The first-order chi connectivity index (χ1) is 9.65. The Balaban J connectivity index is 1.86. The number of nitrogens with zero attached hydrogens (tertiary/aromatic N) is 2. The molecular weight excluding hydrogens is 274 g/mol. The summed E-state index contributed by atoms with van der Waals surface area (Å²) in [4.78, 5) is 20.1. The number of ether oxygens (including phenoxy) is 1. The molecule has 0 unspecified atom stereocenters. The van der Waals surface area contributed by atoms with Crippen molar-refractivity contribution in [3.63, 3.8) is 0 Å². The van der Waals surface area contributed by atoms with Gasteiger partial charge in [0.2, 0.25) is 0 Å². The Bertz CT molecular complexity index is 555. The maximum atomic E-state index is 11.4. The summed E-state index contributed by atoms with van der Waals surface area (Å²) < 4.78 is 5.03. The van der Waals surface area contributed by atoms with Gasteiger partial charge in [0.05, 0.1) is 24.5 Å². The van der Waals surface area contributed by atoms with Crippen LogP contribution in [-0.2, 0) is 11.3 Å². The molecule has 0 saturated carbocycles. The van der Waals surface area contributed by atoms with E-state index in [1.165, 1.54) is 11.3 Å². The highest BCUT2D eigenvalue weighted by molar-refractivity contribution is 7.13. The zero-order valence-electron chi connectivity index (χ0n) is 11.5. The summed E-state index contributed by atoms with van der Waals surface area (Å²) in [5.74, 6) is 0.329. The summed E-state index contributed by atoms with van der Waals surface area (Å²) in [5, 5.41) is 5.44. The SMILES string of the molecule is CC(C)COC(=O)NCc1csc(-c2ccccn2)n1. The molecule has 0 radical (unpaired) electrons. The first kappa shape index (κ1) is 14.5. The van der Waals surface area contributed by atoms with Crippen molar-refractivity contribution in [3.05, 3.63) is 35.5 Å². The quantitative estimate of drug-likeness (QED) is 0.919. The van der Waals surface area contributed by atoms with E-state index in [1.54, 1.807) is 6.20 Å². The van der Waals surface area contributed by atoms with Crippen LogP contribution in [0.5, 0.6) is 0 Å². The molecule has 20 heavy (non-hydrogen) atoms. The van der Waals surface area contributed by atoms with Crippen LogP contribution in [0.1, 0.15) is 19.5 Å². The molecule has 2 rings (SSSR count). The van der Waals surface area contributed by atoms with Crippen molar-refractivity contribution in [3.8, 4) is 10.7 Å². The predicted molar refractivity (Wildman–Crippen MR) is 78.4 cm³/mol. The van der Waals surface area contributed by atoms with E-state index in [9.17, 15) is 4.79 Å². The van der Waals surface area contributed by atoms with Gasteiger partial charge in [-0.15, -0.1) is 11.3 Å². The number of alkyl carbamates (subject to hydrolysis) is 1. The number of hydrogen-bond acceptors (Lipinski definition) is 5. The van der Waals surface area contributed by atoms with Crippen molar-refractivity contribution in [2.75, 3.05) is 6.61 Å². The number of hydrogen-bond donors (Lipinski definition) is 1. The van der Waals surface area contributed by atoms with Crippen LogP contribution in [0.15, 0.2) is 29.8 Å². The molecule has 2 aromatic rings. The molecule has 2 heterocycles. The van der Waals surface area contributed by atoms with Gasteiger partial charge in [-0.1, -0.05) is 19.9 Å². The summed E-state index contributed by atoms with van der Waals surface area (Å²) in [7, 11) is 0. The molecule has 106 valence electrons. The molecule has 5 nitrogen and oxygen atoms in total. The first-order valence-electron chi connectivity index (χ1n) is 6.41. The lowest BCUT2D eigenvalue weighted by atomic mass is 10.2. The van der Waals surface area contributed by atoms with Crippen LogP contribution in [0.3, 0.4) is 0 Å². The van der Waals surface area contributed by atoms with Gasteiger partial charge in [-0.25, -0.2) is 9.78 Å². The zero-order chi connectivity index (χ0) is 14.4. The van der Waals surface area contributed by atoms with E-state index in [1.807, 2.05) is 37.4 Å². The standard InChI is InChI=1S/C14H17N3O2S/c1-10(2)8-19-14(18)16-7-11-9-20-13(17-11)12-5-3-4-6-15-12/h3-6,9-10H,7-8H2,1-2H3,(H,16,18). The van der Waals surface area contributed by atoms with Crippen molar-refractivity contribution in [1.29, 1.82) is 0 Å². The van der Waals surface area contributed by atoms with E-state index in [0.29, 0.717) is 19.1 Å². The molecule has 1 amide bonds. The van der Waals surface area contributed by atoms with Crippen molar-refractivity contribution < 1.29 is 9.53 Å². The molecule has 0 saturated heterocycles. The number of thiazole rings is 1. The Morgan fingerprint density at radius 2 is 2.30 bits per heavy atom. The van der Waals surface area contributed by atoms with Gasteiger partial charge in [0, 0.05) is 11.6 Å². The van der Waals surface area contributed by atoms with Crippen molar-refractivity contribution in [2.45, 2.75) is 20.4 Å². The molecule has 2 aromatic heterocycles. The van der Waals surface area contributed by atoms with Crippen LogP contribution < -0.4 is 5.32 Å². The molecule has 6 heteroatoms. The minimum atomic E-state index is -0.411. The van der Waals surface area contributed by atoms with E-state index in [-0.39, 0.29) is 0 Å². The summed E-state index contributed by atoms with van der Waals surface area (Å²) >= 11 is 1.51.